The minimum atomic E-state index is -0.346. The minimum Gasteiger partial charge on any atom is -0.272 e. The predicted molar refractivity (Wildman–Crippen MR) is 123 cm³/mol. The van der Waals surface area contributed by atoms with Gasteiger partial charge in [0.1, 0.15) is 5.82 Å². The highest BCUT2D eigenvalue weighted by atomic mass is 32.1. The molecule has 1 unspecified atom stereocenters. The Balaban J connectivity index is 1.66. The van der Waals surface area contributed by atoms with Gasteiger partial charge in [0.2, 0.25) is 0 Å². The van der Waals surface area contributed by atoms with Crippen LogP contribution in [0.2, 0.25) is 0 Å². The molecule has 3 nitrogen and oxygen atoms in total. The summed E-state index contributed by atoms with van der Waals surface area (Å²) in [7, 11) is 0. The summed E-state index contributed by atoms with van der Waals surface area (Å²) in [6.45, 7) is 0. The van der Waals surface area contributed by atoms with E-state index in [0.717, 1.165) is 40.1 Å². The number of aromatic nitrogens is 1. The van der Waals surface area contributed by atoms with Crippen molar-refractivity contribution in [1.29, 1.82) is 0 Å². The fourth-order valence-corrected chi connectivity index (χ4v) is 6.23. The Morgan fingerprint density at radius 2 is 1.97 bits per heavy atom. The third kappa shape index (κ3) is 3.06. The van der Waals surface area contributed by atoms with Gasteiger partial charge in [-0.15, -0.1) is 11.3 Å². The summed E-state index contributed by atoms with van der Waals surface area (Å²) in [6.07, 6.45) is 3.61. The fraction of sp³-hybridized carbons (Fsp3) is 0.120. The Morgan fingerprint density at radius 3 is 2.81 bits per heavy atom. The summed E-state index contributed by atoms with van der Waals surface area (Å²) in [5.41, 5.74) is 5.10. The van der Waals surface area contributed by atoms with Gasteiger partial charge < -0.3 is 0 Å². The third-order valence-electron chi connectivity index (χ3n) is 5.85. The fourth-order valence-electron chi connectivity index (χ4n) is 4.50. The van der Waals surface area contributed by atoms with Crippen molar-refractivity contribution >= 4 is 34.4 Å². The number of thiophene rings is 1. The molecule has 2 aromatic heterocycles. The summed E-state index contributed by atoms with van der Waals surface area (Å²) in [4.78, 5) is 20.2. The zero-order valence-electron chi connectivity index (χ0n) is 16.4. The van der Waals surface area contributed by atoms with Crippen molar-refractivity contribution in [2.45, 2.75) is 18.9 Å². The van der Waals surface area contributed by atoms with Crippen molar-refractivity contribution in [2.24, 2.45) is 4.99 Å². The lowest BCUT2D eigenvalue weighted by atomic mass is 9.83. The highest BCUT2D eigenvalue weighted by Crippen LogP contribution is 2.41. The van der Waals surface area contributed by atoms with Crippen molar-refractivity contribution in [2.75, 3.05) is 0 Å². The number of allylic oxidation sites excluding steroid dienone is 1. The molecule has 152 valence electrons. The maximum atomic E-state index is 14.2. The molecule has 6 rings (SSSR count). The van der Waals surface area contributed by atoms with Crippen LogP contribution in [0.3, 0.4) is 0 Å². The molecule has 0 N–H and O–H groups in total. The third-order valence-corrected chi connectivity index (χ3v) is 7.66. The average Bonchev–Trinajstić information content (AvgIpc) is 3.40. The van der Waals surface area contributed by atoms with Crippen LogP contribution in [0.4, 0.5) is 4.39 Å². The first-order valence-corrected chi connectivity index (χ1v) is 11.8. The summed E-state index contributed by atoms with van der Waals surface area (Å²) < 4.78 is 16.6. The molecule has 1 atom stereocenters. The van der Waals surface area contributed by atoms with Crippen molar-refractivity contribution in [1.82, 2.24) is 4.57 Å². The topological polar surface area (TPSA) is 34.4 Å². The van der Waals surface area contributed by atoms with Gasteiger partial charge in [-0.25, -0.2) is 9.38 Å². The first-order valence-electron chi connectivity index (χ1n) is 10.1. The van der Waals surface area contributed by atoms with E-state index in [2.05, 4.69) is 12.1 Å². The van der Waals surface area contributed by atoms with Gasteiger partial charge in [0.25, 0.3) is 5.56 Å². The van der Waals surface area contributed by atoms with E-state index < -0.39 is 0 Å². The lowest BCUT2D eigenvalue weighted by Crippen LogP contribution is -2.38. The highest BCUT2D eigenvalue weighted by molar-refractivity contribution is 7.11. The van der Waals surface area contributed by atoms with E-state index in [4.69, 9.17) is 4.99 Å². The van der Waals surface area contributed by atoms with E-state index in [-0.39, 0.29) is 17.4 Å². The summed E-state index contributed by atoms with van der Waals surface area (Å²) in [6, 6.07) is 18.5. The number of hydrogen-bond donors (Lipinski definition) is 0. The number of hydrogen-bond acceptors (Lipinski definition) is 4. The van der Waals surface area contributed by atoms with Crippen LogP contribution < -0.4 is 14.9 Å². The molecule has 2 aromatic carbocycles. The zero-order chi connectivity index (χ0) is 20.9. The molecular formula is C25H17FN2OS2. The van der Waals surface area contributed by atoms with E-state index in [0.29, 0.717) is 9.33 Å². The van der Waals surface area contributed by atoms with Crippen LogP contribution in [0.5, 0.6) is 0 Å². The van der Waals surface area contributed by atoms with Gasteiger partial charge in [-0.2, -0.15) is 0 Å². The first kappa shape index (κ1) is 18.7. The van der Waals surface area contributed by atoms with Crippen molar-refractivity contribution in [3.63, 3.8) is 0 Å². The SMILES string of the molecule is O=c1/c(=C\c2cccs2)sc2n1C(c1cccc(F)c1)C1=C(N=2)c2ccccc2CC1. The van der Waals surface area contributed by atoms with E-state index in [1.807, 2.05) is 41.8 Å². The lowest BCUT2D eigenvalue weighted by molar-refractivity contribution is 0.574. The van der Waals surface area contributed by atoms with E-state index in [1.54, 1.807) is 22.0 Å². The number of nitrogens with zero attached hydrogens (tertiary/aromatic N) is 2. The number of rotatable bonds is 2. The Labute approximate surface area is 185 Å². The second-order valence-corrected chi connectivity index (χ2v) is 9.67. The molecule has 1 aliphatic carbocycles. The van der Waals surface area contributed by atoms with Crippen LogP contribution in [0.1, 0.15) is 34.0 Å². The number of fused-ring (bicyclic) bond motifs is 3. The Bertz CT molecular complexity index is 1530. The maximum absolute atomic E-state index is 14.2. The molecule has 0 spiro atoms. The highest BCUT2D eigenvalue weighted by Gasteiger charge is 2.32. The number of thiazole rings is 1. The standard InChI is InChI=1S/C25H17FN2OS2/c26-17-7-3-6-16(13-17)23-20-11-10-15-5-1-2-9-19(15)22(20)27-25-28(23)24(29)21(31-25)14-18-8-4-12-30-18/h1-9,12-14,23H,10-11H2/b21-14+. The van der Waals surface area contributed by atoms with Crippen LogP contribution >= 0.6 is 22.7 Å². The second-order valence-electron chi connectivity index (χ2n) is 7.68. The maximum Gasteiger partial charge on any atom is 0.271 e. The normalized spacial score (nSPS) is 17.7. The van der Waals surface area contributed by atoms with E-state index in [9.17, 15) is 9.18 Å². The smallest absolute Gasteiger partial charge is 0.271 e. The number of aryl methyl sites for hydroxylation is 1. The molecule has 6 heteroatoms. The van der Waals surface area contributed by atoms with E-state index >= 15 is 0 Å². The first-order chi connectivity index (χ1) is 15.2. The quantitative estimate of drug-likeness (QED) is 0.448. The number of benzene rings is 2. The monoisotopic (exact) mass is 444 g/mol. The van der Waals surface area contributed by atoms with Gasteiger partial charge in [0, 0.05) is 10.4 Å². The van der Waals surface area contributed by atoms with Crippen molar-refractivity contribution < 1.29 is 4.39 Å². The number of halogens is 1. The molecule has 2 aliphatic rings. The van der Waals surface area contributed by atoms with Gasteiger partial charge in [0.15, 0.2) is 4.80 Å². The molecule has 31 heavy (non-hydrogen) atoms. The van der Waals surface area contributed by atoms with Crippen LogP contribution in [0.25, 0.3) is 11.8 Å². The van der Waals surface area contributed by atoms with Crippen molar-refractivity contribution in [3.8, 4) is 0 Å². The largest absolute Gasteiger partial charge is 0.272 e. The molecule has 3 heterocycles. The van der Waals surface area contributed by atoms with Gasteiger partial charge in [-0.1, -0.05) is 53.8 Å². The Hall–Kier alpha value is -3.09. The lowest BCUT2D eigenvalue weighted by Gasteiger charge is -2.30. The Morgan fingerprint density at radius 1 is 1.06 bits per heavy atom. The summed E-state index contributed by atoms with van der Waals surface area (Å²) in [5, 5.41) is 1.99. The van der Waals surface area contributed by atoms with Gasteiger partial charge in [-0.3, -0.25) is 9.36 Å². The molecule has 4 aromatic rings. The predicted octanol–water partition coefficient (Wildman–Crippen LogP) is 4.52. The van der Waals surface area contributed by atoms with Crippen LogP contribution in [0, 0.1) is 5.82 Å². The molecule has 0 bridgehead atoms. The summed E-state index contributed by atoms with van der Waals surface area (Å²) in [5.74, 6) is -0.298. The van der Waals surface area contributed by atoms with Crippen LogP contribution in [-0.2, 0) is 6.42 Å². The molecule has 1 aliphatic heterocycles. The van der Waals surface area contributed by atoms with Gasteiger partial charge in [0.05, 0.1) is 16.3 Å². The molecule has 0 saturated heterocycles. The second kappa shape index (κ2) is 7.25. The Kier molecular flexibility index (Phi) is 4.37. The minimum absolute atomic E-state index is 0.0724. The van der Waals surface area contributed by atoms with Crippen molar-refractivity contribution in [3.05, 3.63) is 119 Å². The summed E-state index contributed by atoms with van der Waals surface area (Å²) >= 11 is 2.99. The molecule has 0 radical (unpaired) electrons. The zero-order valence-corrected chi connectivity index (χ0v) is 18.0. The molecular weight excluding hydrogens is 427 g/mol. The van der Waals surface area contributed by atoms with Crippen LogP contribution in [-0.4, -0.2) is 4.57 Å². The van der Waals surface area contributed by atoms with Crippen LogP contribution in [0.15, 0.2) is 81.4 Å². The van der Waals surface area contributed by atoms with Gasteiger partial charge >= 0.3 is 0 Å². The molecule has 0 amide bonds. The molecule has 0 fully saturated rings. The average molecular weight is 445 g/mol. The molecule has 0 saturated carbocycles. The van der Waals surface area contributed by atoms with E-state index in [1.165, 1.54) is 29.0 Å². The van der Waals surface area contributed by atoms with Gasteiger partial charge in [-0.05, 0) is 59.2 Å².